The molecule has 1 saturated heterocycles. The van der Waals surface area contributed by atoms with E-state index in [-0.39, 0.29) is 11.6 Å². The summed E-state index contributed by atoms with van der Waals surface area (Å²) in [5.74, 6) is -1.48. The SMILES string of the molecule is CC(NC(=O)c1cccc(F)n1)C(=O)N1CCOCC1. The number of ether oxygens (including phenoxy) is 1. The fourth-order valence-electron chi connectivity index (χ4n) is 1.92. The van der Waals surface area contributed by atoms with Crippen LogP contribution in [-0.4, -0.2) is 54.0 Å². The van der Waals surface area contributed by atoms with Crippen LogP contribution < -0.4 is 5.32 Å². The highest BCUT2D eigenvalue weighted by Gasteiger charge is 2.24. The van der Waals surface area contributed by atoms with Gasteiger partial charge >= 0.3 is 0 Å². The fraction of sp³-hybridized carbons (Fsp3) is 0.462. The van der Waals surface area contributed by atoms with Gasteiger partial charge in [0.05, 0.1) is 13.2 Å². The lowest BCUT2D eigenvalue weighted by Gasteiger charge is -2.29. The number of rotatable bonds is 3. The van der Waals surface area contributed by atoms with Crippen molar-refractivity contribution in [3.05, 3.63) is 29.8 Å². The molecule has 1 aromatic heterocycles. The normalized spacial score (nSPS) is 16.6. The first-order valence-electron chi connectivity index (χ1n) is 6.38. The predicted octanol–water partition coefficient (Wildman–Crippen LogP) is 0.198. The minimum Gasteiger partial charge on any atom is -0.378 e. The average Bonchev–Trinajstić information content (AvgIpc) is 2.47. The molecule has 1 aliphatic rings. The molecule has 0 spiro atoms. The standard InChI is InChI=1S/C13H16FN3O3/c1-9(13(19)17-5-7-20-8-6-17)15-12(18)10-3-2-4-11(14)16-10/h2-4,9H,5-8H2,1H3,(H,15,18). The van der Waals surface area contributed by atoms with E-state index < -0.39 is 17.9 Å². The number of hydrogen-bond acceptors (Lipinski definition) is 4. The van der Waals surface area contributed by atoms with Crippen molar-refractivity contribution >= 4 is 11.8 Å². The lowest BCUT2D eigenvalue weighted by molar-refractivity contribution is -0.136. The molecule has 0 radical (unpaired) electrons. The fourth-order valence-corrected chi connectivity index (χ4v) is 1.92. The van der Waals surface area contributed by atoms with Gasteiger partial charge in [0.25, 0.3) is 5.91 Å². The van der Waals surface area contributed by atoms with E-state index in [1.54, 1.807) is 11.8 Å². The number of nitrogens with one attached hydrogen (secondary N) is 1. The van der Waals surface area contributed by atoms with Crippen LogP contribution in [0.1, 0.15) is 17.4 Å². The molecule has 0 bridgehead atoms. The van der Waals surface area contributed by atoms with Crippen LogP contribution in [0.2, 0.25) is 0 Å². The number of amides is 2. The minimum atomic E-state index is -0.732. The largest absolute Gasteiger partial charge is 0.378 e. The highest BCUT2D eigenvalue weighted by atomic mass is 19.1. The van der Waals surface area contributed by atoms with Crippen molar-refractivity contribution in [2.75, 3.05) is 26.3 Å². The van der Waals surface area contributed by atoms with Gasteiger partial charge in [0.1, 0.15) is 11.7 Å². The van der Waals surface area contributed by atoms with Gasteiger partial charge in [-0.15, -0.1) is 0 Å². The van der Waals surface area contributed by atoms with Crippen molar-refractivity contribution in [1.29, 1.82) is 0 Å². The van der Waals surface area contributed by atoms with Crippen LogP contribution in [0.15, 0.2) is 18.2 Å². The summed E-state index contributed by atoms with van der Waals surface area (Å²) in [6, 6.07) is 3.25. The first kappa shape index (κ1) is 14.4. The zero-order valence-corrected chi connectivity index (χ0v) is 11.1. The molecular weight excluding hydrogens is 265 g/mol. The second-order valence-corrected chi connectivity index (χ2v) is 4.48. The van der Waals surface area contributed by atoms with Crippen LogP contribution in [0.25, 0.3) is 0 Å². The van der Waals surface area contributed by atoms with Crippen LogP contribution in [0.3, 0.4) is 0 Å². The summed E-state index contributed by atoms with van der Waals surface area (Å²) in [5.41, 5.74) is -0.0494. The summed E-state index contributed by atoms with van der Waals surface area (Å²) in [6.45, 7) is 3.61. The summed E-state index contributed by atoms with van der Waals surface area (Å²) in [6.07, 6.45) is 0. The van der Waals surface area contributed by atoms with Gasteiger partial charge in [0.2, 0.25) is 11.9 Å². The van der Waals surface area contributed by atoms with Crippen molar-refractivity contribution in [2.24, 2.45) is 0 Å². The summed E-state index contributed by atoms with van der Waals surface area (Å²) >= 11 is 0. The van der Waals surface area contributed by atoms with E-state index in [9.17, 15) is 14.0 Å². The molecule has 0 saturated carbocycles. The molecule has 1 aromatic rings. The third-order valence-corrected chi connectivity index (χ3v) is 2.99. The second kappa shape index (κ2) is 6.42. The molecule has 1 fully saturated rings. The molecule has 1 unspecified atom stereocenters. The van der Waals surface area contributed by atoms with E-state index in [2.05, 4.69) is 10.3 Å². The van der Waals surface area contributed by atoms with E-state index >= 15 is 0 Å². The molecule has 6 nitrogen and oxygen atoms in total. The van der Waals surface area contributed by atoms with Crippen LogP contribution >= 0.6 is 0 Å². The molecular formula is C13H16FN3O3. The Morgan fingerprint density at radius 2 is 2.10 bits per heavy atom. The molecule has 0 aliphatic carbocycles. The van der Waals surface area contributed by atoms with Crippen LogP contribution in [-0.2, 0) is 9.53 Å². The number of halogens is 1. The molecule has 2 rings (SSSR count). The molecule has 2 heterocycles. The van der Waals surface area contributed by atoms with Gasteiger partial charge < -0.3 is 15.0 Å². The number of pyridine rings is 1. The van der Waals surface area contributed by atoms with Crippen molar-refractivity contribution in [3.63, 3.8) is 0 Å². The lowest BCUT2D eigenvalue weighted by Crippen LogP contribution is -2.50. The maximum absolute atomic E-state index is 12.9. The van der Waals surface area contributed by atoms with Crippen molar-refractivity contribution < 1.29 is 18.7 Å². The summed E-state index contributed by atoms with van der Waals surface area (Å²) in [5, 5.41) is 2.52. The summed E-state index contributed by atoms with van der Waals surface area (Å²) < 4.78 is 18.1. The Kier molecular flexibility index (Phi) is 4.62. The maximum Gasteiger partial charge on any atom is 0.270 e. The molecule has 7 heteroatoms. The summed E-state index contributed by atoms with van der Waals surface area (Å²) in [4.78, 5) is 29.1. The molecule has 108 valence electrons. The second-order valence-electron chi connectivity index (χ2n) is 4.48. The Labute approximate surface area is 115 Å². The van der Waals surface area contributed by atoms with Gasteiger partial charge in [0, 0.05) is 13.1 Å². The van der Waals surface area contributed by atoms with Crippen molar-refractivity contribution in [1.82, 2.24) is 15.2 Å². The molecule has 1 N–H and O–H groups in total. The zero-order chi connectivity index (χ0) is 14.5. The predicted molar refractivity (Wildman–Crippen MR) is 68.5 cm³/mol. The Balaban J connectivity index is 1.94. The van der Waals surface area contributed by atoms with Crippen LogP contribution in [0, 0.1) is 5.95 Å². The quantitative estimate of drug-likeness (QED) is 0.803. The highest BCUT2D eigenvalue weighted by Crippen LogP contribution is 2.02. The van der Waals surface area contributed by atoms with E-state index in [1.165, 1.54) is 12.1 Å². The molecule has 0 aromatic carbocycles. The Bertz CT molecular complexity index is 503. The highest BCUT2D eigenvalue weighted by molar-refractivity contribution is 5.95. The molecule has 20 heavy (non-hydrogen) atoms. The molecule has 2 amide bonds. The Hall–Kier alpha value is -2.02. The van der Waals surface area contributed by atoms with Gasteiger partial charge in [-0.05, 0) is 19.1 Å². The third kappa shape index (κ3) is 3.51. The number of carbonyl (C=O) groups excluding carboxylic acids is 2. The molecule has 1 aliphatic heterocycles. The van der Waals surface area contributed by atoms with Gasteiger partial charge in [0.15, 0.2) is 0 Å². The first-order valence-corrected chi connectivity index (χ1v) is 6.38. The Morgan fingerprint density at radius 3 is 2.75 bits per heavy atom. The monoisotopic (exact) mass is 281 g/mol. The topological polar surface area (TPSA) is 71.5 Å². The van der Waals surface area contributed by atoms with Gasteiger partial charge in [-0.25, -0.2) is 4.98 Å². The first-order chi connectivity index (χ1) is 9.58. The van der Waals surface area contributed by atoms with E-state index in [4.69, 9.17) is 4.74 Å². The van der Waals surface area contributed by atoms with Crippen molar-refractivity contribution in [3.8, 4) is 0 Å². The number of aromatic nitrogens is 1. The average molecular weight is 281 g/mol. The third-order valence-electron chi connectivity index (χ3n) is 2.99. The smallest absolute Gasteiger partial charge is 0.270 e. The summed E-state index contributed by atoms with van der Waals surface area (Å²) in [7, 11) is 0. The van der Waals surface area contributed by atoms with Crippen LogP contribution in [0.5, 0.6) is 0 Å². The molecule has 1 atom stereocenters. The van der Waals surface area contributed by atoms with Gasteiger partial charge in [-0.2, -0.15) is 4.39 Å². The number of hydrogen-bond donors (Lipinski definition) is 1. The Morgan fingerprint density at radius 1 is 1.40 bits per heavy atom. The number of morpholine rings is 1. The van der Waals surface area contributed by atoms with E-state index in [0.717, 1.165) is 6.07 Å². The van der Waals surface area contributed by atoms with Crippen molar-refractivity contribution in [2.45, 2.75) is 13.0 Å². The number of carbonyl (C=O) groups is 2. The van der Waals surface area contributed by atoms with E-state index in [1.807, 2.05) is 0 Å². The van der Waals surface area contributed by atoms with E-state index in [0.29, 0.717) is 26.3 Å². The van der Waals surface area contributed by atoms with Crippen LogP contribution in [0.4, 0.5) is 4.39 Å². The van der Waals surface area contributed by atoms with Gasteiger partial charge in [-0.1, -0.05) is 6.07 Å². The zero-order valence-electron chi connectivity index (χ0n) is 11.1. The maximum atomic E-state index is 12.9. The lowest BCUT2D eigenvalue weighted by atomic mass is 10.2. The van der Waals surface area contributed by atoms with Gasteiger partial charge in [-0.3, -0.25) is 9.59 Å². The number of nitrogens with zero attached hydrogens (tertiary/aromatic N) is 2. The minimum absolute atomic E-state index is 0.0494.